The SMILES string of the molecule is COc1ccc(CS(=O)c2ccc(N)cc2Br)cc1. The minimum absolute atomic E-state index is 0.465. The molecule has 1 unspecified atom stereocenters. The second-order valence-corrected chi connectivity index (χ2v) is 6.30. The number of nitrogens with two attached hydrogens (primary N) is 1. The smallest absolute Gasteiger partial charge is 0.118 e. The van der Waals surface area contributed by atoms with Gasteiger partial charge in [-0.05, 0) is 51.8 Å². The van der Waals surface area contributed by atoms with Crippen molar-refractivity contribution in [3.63, 3.8) is 0 Å². The highest BCUT2D eigenvalue weighted by Gasteiger charge is 2.09. The van der Waals surface area contributed by atoms with E-state index in [2.05, 4.69) is 15.9 Å². The second-order valence-electron chi connectivity index (χ2n) is 4.03. The van der Waals surface area contributed by atoms with Gasteiger partial charge < -0.3 is 10.5 Å². The van der Waals surface area contributed by atoms with Crippen molar-refractivity contribution in [3.05, 3.63) is 52.5 Å². The number of methoxy groups -OCH3 is 1. The Hall–Kier alpha value is -1.33. The molecule has 2 aromatic rings. The van der Waals surface area contributed by atoms with Gasteiger partial charge in [0.05, 0.1) is 28.6 Å². The molecule has 100 valence electrons. The van der Waals surface area contributed by atoms with Crippen LogP contribution in [0.15, 0.2) is 51.8 Å². The van der Waals surface area contributed by atoms with Crippen LogP contribution in [-0.2, 0) is 16.6 Å². The van der Waals surface area contributed by atoms with Crippen LogP contribution < -0.4 is 10.5 Å². The number of halogens is 1. The summed E-state index contributed by atoms with van der Waals surface area (Å²) in [6.45, 7) is 0. The Balaban J connectivity index is 2.15. The van der Waals surface area contributed by atoms with Crippen LogP contribution in [-0.4, -0.2) is 11.3 Å². The van der Waals surface area contributed by atoms with Crippen LogP contribution >= 0.6 is 15.9 Å². The van der Waals surface area contributed by atoms with Gasteiger partial charge >= 0.3 is 0 Å². The van der Waals surface area contributed by atoms with Crippen molar-refractivity contribution in [2.24, 2.45) is 0 Å². The zero-order chi connectivity index (χ0) is 13.8. The van der Waals surface area contributed by atoms with Gasteiger partial charge in [0.25, 0.3) is 0 Å². The Morgan fingerprint density at radius 1 is 1.21 bits per heavy atom. The normalized spacial score (nSPS) is 12.1. The fourth-order valence-electron chi connectivity index (χ4n) is 1.65. The molecule has 19 heavy (non-hydrogen) atoms. The van der Waals surface area contributed by atoms with Gasteiger partial charge in [-0.1, -0.05) is 12.1 Å². The maximum absolute atomic E-state index is 12.3. The van der Waals surface area contributed by atoms with E-state index in [1.807, 2.05) is 24.3 Å². The topological polar surface area (TPSA) is 52.3 Å². The molecule has 1 atom stereocenters. The van der Waals surface area contributed by atoms with Crippen molar-refractivity contribution in [1.82, 2.24) is 0 Å². The van der Waals surface area contributed by atoms with Gasteiger partial charge in [-0.2, -0.15) is 0 Å². The molecule has 0 radical (unpaired) electrons. The number of nitrogen functional groups attached to an aromatic ring is 1. The molecule has 0 fully saturated rings. The number of ether oxygens (including phenoxy) is 1. The van der Waals surface area contributed by atoms with E-state index in [4.69, 9.17) is 10.5 Å². The third-order valence-electron chi connectivity index (χ3n) is 2.66. The van der Waals surface area contributed by atoms with Crippen LogP contribution in [0.1, 0.15) is 5.56 Å². The molecule has 0 aliphatic rings. The predicted molar refractivity (Wildman–Crippen MR) is 81.7 cm³/mol. The Labute approximate surface area is 123 Å². The van der Waals surface area contributed by atoms with Crippen LogP contribution in [0, 0.1) is 0 Å². The zero-order valence-electron chi connectivity index (χ0n) is 10.4. The summed E-state index contributed by atoms with van der Waals surface area (Å²) in [5, 5.41) is 0. The van der Waals surface area contributed by atoms with E-state index < -0.39 is 10.8 Å². The molecule has 0 spiro atoms. The lowest BCUT2D eigenvalue weighted by molar-refractivity contribution is 0.414. The first kappa shape index (κ1) is 14.1. The summed E-state index contributed by atoms with van der Waals surface area (Å²) in [5.74, 6) is 1.26. The molecular weight excluding hydrogens is 326 g/mol. The third-order valence-corrected chi connectivity index (χ3v) is 5.02. The summed E-state index contributed by atoms with van der Waals surface area (Å²) < 4.78 is 18.2. The average Bonchev–Trinajstić information content (AvgIpc) is 2.39. The number of benzene rings is 2. The molecule has 0 aliphatic carbocycles. The van der Waals surface area contributed by atoms with Crippen LogP contribution in [0.2, 0.25) is 0 Å². The van der Waals surface area contributed by atoms with Crippen LogP contribution in [0.3, 0.4) is 0 Å². The lowest BCUT2D eigenvalue weighted by Crippen LogP contribution is -1.98. The van der Waals surface area contributed by atoms with Gasteiger partial charge in [-0.3, -0.25) is 4.21 Å². The maximum atomic E-state index is 12.3. The summed E-state index contributed by atoms with van der Waals surface area (Å²) in [5.41, 5.74) is 7.32. The first-order chi connectivity index (χ1) is 9.10. The first-order valence-corrected chi connectivity index (χ1v) is 7.77. The van der Waals surface area contributed by atoms with Crippen LogP contribution in [0.4, 0.5) is 5.69 Å². The highest BCUT2D eigenvalue weighted by molar-refractivity contribution is 9.10. The van der Waals surface area contributed by atoms with Crippen molar-refractivity contribution in [2.75, 3.05) is 12.8 Å². The molecule has 0 saturated heterocycles. The Kier molecular flexibility index (Phi) is 4.61. The molecule has 0 heterocycles. The first-order valence-electron chi connectivity index (χ1n) is 5.66. The molecule has 0 aliphatic heterocycles. The van der Waals surface area contributed by atoms with E-state index in [0.717, 1.165) is 20.7 Å². The Morgan fingerprint density at radius 3 is 2.47 bits per heavy atom. The van der Waals surface area contributed by atoms with Crippen molar-refractivity contribution in [2.45, 2.75) is 10.6 Å². The average molecular weight is 340 g/mol. The lowest BCUT2D eigenvalue weighted by atomic mass is 10.2. The van der Waals surface area contributed by atoms with Crippen molar-refractivity contribution < 1.29 is 8.95 Å². The summed E-state index contributed by atoms with van der Waals surface area (Å²) >= 11 is 3.39. The minimum Gasteiger partial charge on any atom is -0.497 e. The fraction of sp³-hybridized carbons (Fsp3) is 0.143. The standard InChI is InChI=1S/C14H14BrNO2S/c1-18-12-5-2-10(3-6-12)9-19(17)14-7-4-11(16)8-13(14)15/h2-8H,9,16H2,1H3. The molecule has 5 heteroatoms. The highest BCUT2D eigenvalue weighted by atomic mass is 79.9. The lowest BCUT2D eigenvalue weighted by Gasteiger charge is -2.07. The van der Waals surface area contributed by atoms with E-state index in [9.17, 15) is 4.21 Å². The van der Waals surface area contributed by atoms with Crippen LogP contribution in [0.5, 0.6) is 5.75 Å². The fourth-order valence-corrected chi connectivity index (χ4v) is 3.74. The predicted octanol–water partition coefficient (Wildman–Crippen LogP) is 3.35. The number of anilines is 1. The molecule has 2 N–H and O–H groups in total. The van der Waals surface area contributed by atoms with Crippen LogP contribution in [0.25, 0.3) is 0 Å². The quantitative estimate of drug-likeness (QED) is 0.869. The van der Waals surface area contributed by atoms with Crippen molar-refractivity contribution in [3.8, 4) is 5.75 Å². The molecule has 0 amide bonds. The van der Waals surface area contributed by atoms with E-state index in [1.54, 1.807) is 25.3 Å². The minimum atomic E-state index is -1.11. The molecule has 2 aromatic carbocycles. The zero-order valence-corrected chi connectivity index (χ0v) is 12.8. The second kappa shape index (κ2) is 6.21. The van der Waals surface area contributed by atoms with Gasteiger partial charge in [-0.15, -0.1) is 0 Å². The number of hydrogen-bond donors (Lipinski definition) is 1. The molecular formula is C14H14BrNO2S. The van der Waals surface area contributed by atoms with Gasteiger partial charge in [0.1, 0.15) is 5.75 Å². The Bertz CT molecular complexity index is 599. The van der Waals surface area contributed by atoms with Gasteiger partial charge in [-0.25, -0.2) is 0 Å². The van der Waals surface area contributed by atoms with E-state index in [-0.39, 0.29) is 0 Å². The summed E-state index contributed by atoms with van der Waals surface area (Å²) in [7, 11) is 0.518. The van der Waals surface area contributed by atoms with Gasteiger partial charge in [0, 0.05) is 10.2 Å². The van der Waals surface area contributed by atoms with E-state index in [0.29, 0.717) is 11.4 Å². The largest absolute Gasteiger partial charge is 0.497 e. The Morgan fingerprint density at radius 2 is 1.89 bits per heavy atom. The number of hydrogen-bond acceptors (Lipinski definition) is 3. The van der Waals surface area contributed by atoms with Crippen molar-refractivity contribution in [1.29, 1.82) is 0 Å². The molecule has 2 rings (SSSR count). The van der Waals surface area contributed by atoms with E-state index in [1.165, 1.54) is 0 Å². The highest BCUT2D eigenvalue weighted by Crippen LogP contribution is 2.25. The molecule has 0 aromatic heterocycles. The molecule has 3 nitrogen and oxygen atoms in total. The van der Waals surface area contributed by atoms with Gasteiger partial charge in [0.15, 0.2) is 0 Å². The maximum Gasteiger partial charge on any atom is 0.118 e. The van der Waals surface area contributed by atoms with Crippen molar-refractivity contribution >= 4 is 32.4 Å². The van der Waals surface area contributed by atoms with Gasteiger partial charge in [0.2, 0.25) is 0 Å². The molecule has 0 saturated carbocycles. The van der Waals surface area contributed by atoms with E-state index >= 15 is 0 Å². The summed E-state index contributed by atoms with van der Waals surface area (Å²) in [6.07, 6.45) is 0. The monoisotopic (exact) mass is 339 g/mol. The third kappa shape index (κ3) is 3.58. The number of rotatable bonds is 4. The molecule has 0 bridgehead atoms. The summed E-state index contributed by atoms with van der Waals surface area (Å²) in [4.78, 5) is 0.755. The summed E-state index contributed by atoms with van der Waals surface area (Å²) in [6, 6.07) is 12.9.